The van der Waals surface area contributed by atoms with Crippen LogP contribution in [-0.2, 0) is 5.72 Å². The summed E-state index contributed by atoms with van der Waals surface area (Å²) >= 11 is 0. The molecule has 0 fully saturated rings. The number of hydrogen-bond donors (Lipinski definition) is 1. The molecule has 0 atom stereocenters. The summed E-state index contributed by atoms with van der Waals surface area (Å²) in [6.45, 7) is 0. The molecule has 0 unspecified atom stereocenters. The largest absolute Gasteiger partial charge is 0.457 e. The van der Waals surface area contributed by atoms with Gasteiger partial charge in [-0.05, 0) is 41.5 Å². The number of fused-ring (bicyclic) bond motifs is 4. The fraction of sp³-hybridized carbons (Fsp3) is 0.0500. The van der Waals surface area contributed by atoms with Gasteiger partial charge in [0.05, 0.1) is 5.69 Å². The van der Waals surface area contributed by atoms with Gasteiger partial charge in [-0.2, -0.15) is 0 Å². The van der Waals surface area contributed by atoms with Crippen LogP contribution >= 0.6 is 0 Å². The van der Waals surface area contributed by atoms with Gasteiger partial charge in [-0.3, -0.25) is 0 Å². The minimum atomic E-state index is -0.482. The zero-order chi connectivity index (χ0) is 15.7. The SMILES string of the molecule is c1cc2cc(c1)C21Nc2ccc(-c3ccc4ncoc4c3)cc2O1. The number of nitrogens with one attached hydrogen (secondary N) is 1. The van der Waals surface area contributed by atoms with E-state index in [9.17, 15) is 0 Å². The maximum absolute atomic E-state index is 6.30. The number of hydrogen-bond acceptors (Lipinski definition) is 4. The van der Waals surface area contributed by atoms with Crippen molar-refractivity contribution in [2.24, 2.45) is 0 Å². The number of oxazole rings is 1. The van der Waals surface area contributed by atoms with Crippen LogP contribution in [0.3, 0.4) is 0 Å². The molecule has 2 heterocycles. The summed E-state index contributed by atoms with van der Waals surface area (Å²) in [6.07, 6.45) is 1.47. The lowest BCUT2D eigenvalue weighted by atomic mass is 9.83. The lowest BCUT2D eigenvalue weighted by molar-refractivity contribution is 0.149. The Morgan fingerprint density at radius 1 is 0.875 bits per heavy atom. The Labute approximate surface area is 137 Å². The molecule has 114 valence electrons. The number of nitrogens with zero attached hydrogens (tertiary/aromatic N) is 1. The molecule has 1 aromatic heterocycles. The smallest absolute Gasteiger partial charge is 0.233 e. The topological polar surface area (TPSA) is 47.3 Å². The molecular formula is C20H12N2O2. The second-order valence-corrected chi connectivity index (χ2v) is 6.23. The van der Waals surface area contributed by atoms with Crippen molar-refractivity contribution in [3.05, 3.63) is 78.2 Å². The van der Waals surface area contributed by atoms with Crippen molar-refractivity contribution in [2.75, 3.05) is 5.32 Å². The molecule has 4 heteroatoms. The first-order chi connectivity index (χ1) is 11.8. The minimum absolute atomic E-state index is 0.482. The Morgan fingerprint density at radius 3 is 2.58 bits per heavy atom. The van der Waals surface area contributed by atoms with E-state index in [4.69, 9.17) is 9.15 Å². The predicted octanol–water partition coefficient (Wildman–Crippen LogP) is 4.51. The zero-order valence-electron chi connectivity index (χ0n) is 12.6. The number of anilines is 1. The van der Waals surface area contributed by atoms with E-state index in [0.29, 0.717) is 0 Å². The van der Waals surface area contributed by atoms with E-state index in [2.05, 4.69) is 58.8 Å². The Morgan fingerprint density at radius 2 is 1.71 bits per heavy atom. The van der Waals surface area contributed by atoms with Crippen molar-refractivity contribution in [2.45, 2.75) is 5.72 Å². The molecule has 4 aromatic rings. The third-order valence-electron chi connectivity index (χ3n) is 4.90. The molecule has 2 aliphatic carbocycles. The highest BCUT2D eigenvalue weighted by atomic mass is 16.5. The molecule has 24 heavy (non-hydrogen) atoms. The highest BCUT2D eigenvalue weighted by Crippen LogP contribution is 2.51. The Balaban J connectivity index is 1.43. The molecule has 0 saturated heterocycles. The van der Waals surface area contributed by atoms with Gasteiger partial charge in [-0.1, -0.05) is 30.3 Å². The number of rotatable bonds is 1. The van der Waals surface area contributed by atoms with Gasteiger partial charge in [0, 0.05) is 11.1 Å². The first kappa shape index (κ1) is 12.2. The first-order valence-corrected chi connectivity index (χ1v) is 7.88. The van der Waals surface area contributed by atoms with Gasteiger partial charge in [0.15, 0.2) is 12.0 Å². The fourth-order valence-electron chi connectivity index (χ4n) is 3.61. The fourth-order valence-corrected chi connectivity index (χ4v) is 3.61. The number of benzene rings is 3. The number of ether oxygens (including phenoxy) is 1. The third kappa shape index (κ3) is 1.41. The summed E-state index contributed by atoms with van der Waals surface area (Å²) in [5.41, 5.74) is 6.70. The van der Waals surface area contributed by atoms with E-state index in [1.165, 1.54) is 17.5 Å². The lowest BCUT2D eigenvalue weighted by Gasteiger charge is -2.37. The van der Waals surface area contributed by atoms with Crippen LogP contribution in [0.15, 0.2) is 71.5 Å². The van der Waals surface area contributed by atoms with Crippen molar-refractivity contribution < 1.29 is 9.15 Å². The van der Waals surface area contributed by atoms with Crippen LogP contribution < -0.4 is 10.1 Å². The van der Waals surface area contributed by atoms with Crippen molar-refractivity contribution in [3.63, 3.8) is 0 Å². The molecule has 3 aliphatic rings. The van der Waals surface area contributed by atoms with E-state index in [0.717, 1.165) is 33.7 Å². The second-order valence-electron chi connectivity index (χ2n) is 6.23. The molecule has 3 aromatic carbocycles. The van der Waals surface area contributed by atoms with Gasteiger partial charge in [0.1, 0.15) is 11.3 Å². The van der Waals surface area contributed by atoms with Crippen LogP contribution in [0.25, 0.3) is 22.2 Å². The van der Waals surface area contributed by atoms with Gasteiger partial charge in [0.25, 0.3) is 0 Å². The van der Waals surface area contributed by atoms with Crippen LogP contribution in [0.5, 0.6) is 5.75 Å². The summed E-state index contributed by atoms with van der Waals surface area (Å²) in [5, 5.41) is 3.51. The second kappa shape index (κ2) is 3.97. The van der Waals surface area contributed by atoms with E-state index in [-0.39, 0.29) is 0 Å². The molecule has 0 amide bonds. The van der Waals surface area contributed by atoms with Crippen LogP contribution in [0.4, 0.5) is 5.69 Å². The average molecular weight is 312 g/mol. The number of aromatic nitrogens is 1. The summed E-state index contributed by atoms with van der Waals surface area (Å²) in [7, 11) is 0. The van der Waals surface area contributed by atoms with Gasteiger partial charge in [-0.25, -0.2) is 4.98 Å². The first-order valence-electron chi connectivity index (χ1n) is 7.88. The molecule has 4 nitrogen and oxygen atoms in total. The molecule has 2 bridgehead atoms. The van der Waals surface area contributed by atoms with E-state index in [1.54, 1.807) is 0 Å². The molecule has 1 spiro atoms. The summed E-state index contributed by atoms with van der Waals surface area (Å²) in [5.74, 6) is 0.872. The van der Waals surface area contributed by atoms with Gasteiger partial charge in [-0.15, -0.1) is 0 Å². The van der Waals surface area contributed by atoms with Crippen molar-refractivity contribution in [1.82, 2.24) is 4.98 Å². The molecule has 1 aliphatic heterocycles. The highest BCUT2D eigenvalue weighted by molar-refractivity contribution is 5.82. The molecule has 0 saturated carbocycles. The van der Waals surface area contributed by atoms with Gasteiger partial charge in [0.2, 0.25) is 5.72 Å². The predicted molar refractivity (Wildman–Crippen MR) is 90.9 cm³/mol. The van der Waals surface area contributed by atoms with Crippen LogP contribution in [0.1, 0.15) is 11.1 Å². The maximum Gasteiger partial charge on any atom is 0.233 e. The standard InChI is InChI=1S/C20H12N2O2/c1-2-14-10-15(3-1)20(14)22-17-7-5-13(9-19(17)24-20)12-4-6-16-18(8-12)23-11-21-16/h1-11,22H. The van der Waals surface area contributed by atoms with Gasteiger partial charge < -0.3 is 14.5 Å². The Bertz CT molecular complexity index is 1100. The Kier molecular flexibility index (Phi) is 2.02. The van der Waals surface area contributed by atoms with E-state index < -0.39 is 5.72 Å². The van der Waals surface area contributed by atoms with Crippen molar-refractivity contribution in [3.8, 4) is 16.9 Å². The average Bonchev–Trinajstić information content (AvgIpc) is 3.26. The maximum atomic E-state index is 6.30. The minimum Gasteiger partial charge on any atom is -0.457 e. The summed E-state index contributed by atoms with van der Waals surface area (Å²) in [6, 6.07) is 20.7. The quantitative estimate of drug-likeness (QED) is 0.561. The van der Waals surface area contributed by atoms with Crippen LogP contribution in [0.2, 0.25) is 0 Å². The molecule has 7 rings (SSSR count). The van der Waals surface area contributed by atoms with Crippen LogP contribution in [-0.4, -0.2) is 4.98 Å². The Hall–Kier alpha value is -3.27. The van der Waals surface area contributed by atoms with E-state index in [1.807, 2.05) is 12.1 Å². The zero-order valence-corrected chi connectivity index (χ0v) is 12.6. The van der Waals surface area contributed by atoms with Crippen molar-refractivity contribution in [1.29, 1.82) is 0 Å². The van der Waals surface area contributed by atoms with E-state index >= 15 is 0 Å². The molecule has 1 N–H and O–H groups in total. The van der Waals surface area contributed by atoms with Crippen molar-refractivity contribution >= 4 is 16.8 Å². The third-order valence-corrected chi connectivity index (χ3v) is 4.90. The highest BCUT2D eigenvalue weighted by Gasteiger charge is 2.48. The summed E-state index contributed by atoms with van der Waals surface area (Å²) in [4.78, 5) is 4.16. The van der Waals surface area contributed by atoms with Crippen LogP contribution in [0, 0.1) is 0 Å². The lowest BCUT2D eigenvalue weighted by Crippen LogP contribution is -2.44. The normalized spacial score (nSPS) is 15.7. The molecule has 0 radical (unpaired) electrons. The molecular weight excluding hydrogens is 300 g/mol. The monoisotopic (exact) mass is 312 g/mol. The summed E-state index contributed by atoms with van der Waals surface area (Å²) < 4.78 is 11.7. The van der Waals surface area contributed by atoms with Gasteiger partial charge >= 0.3 is 0 Å².